The van der Waals surface area contributed by atoms with Gasteiger partial charge >= 0.3 is 0 Å². The normalized spacial score (nSPS) is 17.9. The quantitative estimate of drug-likeness (QED) is 0.783. The third kappa shape index (κ3) is 2.92. The lowest BCUT2D eigenvalue weighted by atomic mass is 9.91. The largest absolute Gasteiger partial charge is 0.313 e. The van der Waals surface area contributed by atoms with Crippen molar-refractivity contribution < 1.29 is 0 Å². The first-order valence-corrected chi connectivity index (χ1v) is 6.15. The van der Waals surface area contributed by atoms with Crippen LogP contribution in [-0.4, -0.2) is 18.1 Å². The van der Waals surface area contributed by atoms with Crippen molar-refractivity contribution in [3.8, 4) is 0 Å². The number of nitrogens with one attached hydrogen (secondary N) is 1. The molecule has 0 radical (unpaired) electrons. The van der Waals surface area contributed by atoms with Crippen molar-refractivity contribution in [2.75, 3.05) is 7.05 Å². The van der Waals surface area contributed by atoms with Crippen LogP contribution in [0.3, 0.4) is 0 Å². The van der Waals surface area contributed by atoms with Gasteiger partial charge in [0.2, 0.25) is 0 Å². The van der Waals surface area contributed by atoms with Gasteiger partial charge in [-0.2, -0.15) is 0 Å². The number of likely N-dealkylation sites (N-methyl/N-ethyl adjacent to an activating group) is 1. The first-order valence-electron chi connectivity index (χ1n) is 6.15. The van der Waals surface area contributed by atoms with Crippen molar-refractivity contribution in [2.24, 2.45) is 0 Å². The summed E-state index contributed by atoms with van der Waals surface area (Å²) in [5.41, 5.74) is 2.89. The maximum atomic E-state index is 4.17. The predicted molar refractivity (Wildman–Crippen MR) is 67.3 cm³/mol. The number of hydrogen-bond donors (Lipinski definition) is 1. The van der Waals surface area contributed by atoms with E-state index in [1.54, 1.807) is 5.57 Å². The Morgan fingerprint density at radius 1 is 1.44 bits per heavy atom. The Kier molecular flexibility index (Phi) is 4.11. The van der Waals surface area contributed by atoms with Crippen LogP contribution in [0, 0.1) is 0 Å². The lowest BCUT2D eigenvalue weighted by Crippen LogP contribution is -2.30. The molecule has 1 aliphatic rings. The van der Waals surface area contributed by atoms with Gasteiger partial charge in [-0.15, -0.1) is 0 Å². The van der Waals surface area contributed by atoms with Crippen molar-refractivity contribution in [3.05, 3.63) is 41.7 Å². The highest BCUT2D eigenvalue weighted by atomic mass is 14.9. The Bertz CT molecular complexity index is 343. The summed E-state index contributed by atoms with van der Waals surface area (Å²) in [5, 5.41) is 3.42. The van der Waals surface area contributed by atoms with Crippen LogP contribution in [-0.2, 0) is 6.42 Å². The van der Waals surface area contributed by atoms with Gasteiger partial charge in [0.1, 0.15) is 0 Å². The second kappa shape index (κ2) is 5.80. The first-order chi connectivity index (χ1) is 7.90. The second-order valence-corrected chi connectivity index (χ2v) is 4.43. The van der Waals surface area contributed by atoms with Crippen molar-refractivity contribution in [1.82, 2.24) is 10.3 Å². The number of allylic oxidation sites excluding steroid dienone is 1. The standard InChI is InChI=1S/C14H20N2/c1-15-14(13-7-3-2-4-8-13)10-12-6-5-9-16-11-12/h5-7,9,11,14-15H,2-4,8,10H2,1H3. The summed E-state index contributed by atoms with van der Waals surface area (Å²) in [6.07, 6.45) is 12.5. The van der Waals surface area contributed by atoms with Crippen LogP contribution in [0.5, 0.6) is 0 Å². The molecule has 1 aromatic heterocycles. The molecule has 2 nitrogen and oxygen atoms in total. The number of aromatic nitrogens is 1. The zero-order valence-electron chi connectivity index (χ0n) is 9.95. The molecule has 1 aromatic rings. The molecule has 86 valence electrons. The monoisotopic (exact) mass is 216 g/mol. The van der Waals surface area contributed by atoms with Gasteiger partial charge in [-0.1, -0.05) is 17.7 Å². The molecule has 0 saturated heterocycles. The Morgan fingerprint density at radius 2 is 2.38 bits per heavy atom. The summed E-state index contributed by atoms with van der Waals surface area (Å²) in [6, 6.07) is 4.65. The summed E-state index contributed by atoms with van der Waals surface area (Å²) in [6.45, 7) is 0. The van der Waals surface area contributed by atoms with Crippen molar-refractivity contribution >= 4 is 0 Å². The molecule has 2 heteroatoms. The van der Waals surface area contributed by atoms with Crippen LogP contribution in [0.25, 0.3) is 0 Å². The minimum Gasteiger partial charge on any atom is -0.313 e. The van der Waals surface area contributed by atoms with Gasteiger partial charge < -0.3 is 5.32 Å². The average molecular weight is 216 g/mol. The Labute approximate surface area is 97.8 Å². The number of nitrogens with zero attached hydrogens (tertiary/aromatic N) is 1. The van der Waals surface area contributed by atoms with E-state index in [1.807, 2.05) is 18.5 Å². The van der Waals surface area contributed by atoms with Gasteiger partial charge in [0.25, 0.3) is 0 Å². The number of pyridine rings is 1. The van der Waals surface area contributed by atoms with Crippen molar-refractivity contribution in [2.45, 2.75) is 38.1 Å². The molecule has 1 N–H and O–H groups in total. The molecule has 0 fully saturated rings. The minimum atomic E-state index is 0.490. The number of hydrogen-bond acceptors (Lipinski definition) is 2. The van der Waals surface area contributed by atoms with E-state index in [0.717, 1.165) is 6.42 Å². The zero-order chi connectivity index (χ0) is 11.2. The average Bonchev–Trinajstić information content (AvgIpc) is 2.38. The van der Waals surface area contributed by atoms with Crippen molar-refractivity contribution in [3.63, 3.8) is 0 Å². The van der Waals surface area contributed by atoms with Crippen LogP contribution in [0.2, 0.25) is 0 Å². The molecular formula is C14H20N2. The Morgan fingerprint density at radius 3 is 3.00 bits per heavy atom. The van der Waals surface area contributed by atoms with E-state index in [1.165, 1.54) is 31.2 Å². The highest BCUT2D eigenvalue weighted by Gasteiger charge is 2.14. The minimum absolute atomic E-state index is 0.490. The molecule has 2 rings (SSSR count). The third-order valence-corrected chi connectivity index (χ3v) is 3.28. The molecule has 1 unspecified atom stereocenters. The van der Waals surface area contributed by atoms with E-state index < -0.39 is 0 Å². The van der Waals surface area contributed by atoms with Crippen LogP contribution in [0.4, 0.5) is 0 Å². The lowest BCUT2D eigenvalue weighted by Gasteiger charge is -2.22. The van der Waals surface area contributed by atoms with E-state index in [0.29, 0.717) is 6.04 Å². The van der Waals surface area contributed by atoms with E-state index in [-0.39, 0.29) is 0 Å². The summed E-state index contributed by atoms with van der Waals surface area (Å²) < 4.78 is 0. The van der Waals surface area contributed by atoms with Gasteiger partial charge in [-0.3, -0.25) is 4.98 Å². The van der Waals surface area contributed by atoms with E-state index in [9.17, 15) is 0 Å². The molecule has 16 heavy (non-hydrogen) atoms. The summed E-state index contributed by atoms with van der Waals surface area (Å²) in [4.78, 5) is 4.17. The summed E-state index contributed by atoms with van der Waals surface area (Å²) in [7, 11) is 2.05. The SMILES string of the molecule is CNC(Cc1cccnc1)C1=CCCCC1. The Hall–Kier alpha value is -1.15. The molecule has 1 atom stereocenters. The zero-order valence-corrected chi connectivity index (χ0v) is 9.95. The second-order valence-electron chi connectivity index (χ2n) is 4.43. The smallest absolute Gasteiger partial charge is 0.0317 e. The molecule has 0 amide bonds. The van der Waals surface area contributed by atoms with Gasteiger partial charge in [0.15, 0.2) is 0 Å². The van der Waals surface area contributed by atoms with Gasteiger partial charge in [-0.05, 0) is 50.8 Å². The maximum absolute atomic E-state index is 4.17. The van der Waals surface area contributed by atoms with Crippen LogP contribution in [0.15, 0.2) is 36.2 Å². The topological polar surface area (TPSA) is 24.9 Å². The van der Waals surface area contributed by atoms with E-state index in [2.05, 4.69) is 29.5 Å². The van der Waals surface area contributed by atoms with Gasteiger partial charge in [0.05, 0.1) is 0 Å². The first kappa shape index (κ1) is 11.3. The third-order valence-electron chi connectivity index (χ3n) is 3.28. The molecule has 0 aromatic carbocycles. The molecule has 1 aliphatic carbocycles. The molecule has 0 bridgehead atoms. The lowest BCUT2D eigenvalue weighted by molar-refractivity contribution is 0.568. The van der Waals surface area contributed by atoms with Crippen LogP contribution >= 0.6 is 0 Å². The van der Waals surface area contributed by atoms with Crippen LogP contribution < -0.4 is 5.32 Å². The van der Waals surface area contributed by atoms with Crippen LogP contribution in [0.1, 0.15) is 31.2 Å². The molecular weight excluding hydrogens is 196 g/mol. The highest BCUT2D eigenvalue weighted by Crippen LogP contribution is 2.22. The summed E-state index contributed by atoms with van der Waals surface area (Å²) in [5.74, 6) is 0. The highest BCUT2D eigenvalue weighted by molar-refractivity contribution is 5.19. The van der Waals surface area contributed by atoms with Crippen molar-refractivity contribution in [1.29, 1.82) is 0 Å². The van der Waals surface area contributed by atoms with Gasteiger partial charge in [-0.25, -0.2) is 0 Å². The molecule has 0 aliphatic heterocycles. The fourth-order valence-electron chi connectivity index (χ4n) is 2.35. The van der Waals surface area contributed by atoms with E-state index in [4.69, 9.17) is 0 Å². The Balaban J connectivity index is 2.03. The maximum Gasteiger partial charge on any atom is 0.0317 e. The number of rotatable bonds is 4. The van der Waals surface area contributed by atoms with Gasteiger partial charge in [0, 0.05) is 18.4 Å². The predicted octanol–water partition coefficient (Wildman–Crippen LogP) is 2.71. The summed E-state index contributed by atoms with van der Waals surface area (Å²) >= 11 is 0. The molecule has 0 spiro atoms. The fraction of sp³-hybridized carbons (Fsp3) is 0.500. The fourth-order valence-corrected chi connectivity index (χ4v) is 2.35. The van der Waals surface area contributed by atoms with E-state index >= 15 is 0 Å². The molecule has 1 heterocycles. The molecule has 0 saturated carbocycles.